The van der Waals surface area contributed by atoms with E-state index in [0.717, 1.165) is 6.61 Å². The van der Waals surface area contributed by atoms with E-state index >= 15 is 0 Å². The van der Waals surface area contributed by atoms with E-state index in [0.29, 0.717) is 6.23 Å². The van der Waals surface area contributed by atoms with Gasteiger partial charge in [-0.3, -0.25) is 0 Å². The summed E-state index contributed by atoms with van der Waals surface area (Å²) in [5, 5.41) is 0. The molecule has 6 heavy (non-hydrogen) atoms. The number of hydrogen-bond acceptors (Lipinski definition) is 1. The van der Waals surface area contributed by atoms with Crippen LogP contribution in [0.1, 0.15) is 0 Å². The Hall–Kier alpha value is -0.370. The van der Waals surface area contributed by atoms with Crippen molar-refractivity contribution in [3.05, 3.63) is 0 Å². The largest absolute Gasteiger partial charge is 0.310 e. The monoisotopic (exact) mass is 86.1 g/mol. The molecule has 1 atom stereocenters. The van der Waals surface area contributed by atoms with Crippen molar-refractivity contribution in [1.29, 1.82) is 0 Å². The fraction of sp³-hybridized carbons (Fsp3) is 0.750. The first-order valence-corrected chi connectivity index (χ1v) is 1.95. The first-order chi connectivity index (χ1) is 2.80. The number of ether oxygens (including phenoxy) is 1. The fourth-order valence-corrected chi connectivity index (χ4v) is 0.298. The number of epoxide rings is 1. The normalized spacial score (nSPS) is 29.8. The van der Waals surface area contributed by atoms with E-state index in [1.165, 1.54) is 0 Å². The molecular formula is C4H8NO+. The molecule has 0 spiro atoms. The molecule has 1 unspecified atom stereocenters. The molecule has 2 nitrogen and oxygen atoms in total. The molecule has 0 amide bonds. The minimum atomic E-state index is 0.324. The van der Waals surface area contributed by atoms with Gasteiger partial charge in [0.15, 0.2) is 0 Å². The van der Waals surface area contributed by atoms with Crippen LogP contribution in [0.25, 0.3) is 0 Å². The van der Waals surface area contributed by atoms with Crippen molar-refractivity contribution in [2.45, 2.75) is 6.23 Å². The molecule has 0 aromatic rings. The number of nitrogens with zero attached hydrogens (tertiary/aromatic N) is 1. The van der Waals surface area contributed by atoms with Gasteiger partial charge in [0.25, 0.3) is 6.23 Å². The van der Waals surface area contributed by atoms with E-state index in [2.05, 4.69) is 6.72 Å². The van der Waals surface area contributed by atoms with Crippen molar-refractivity contribution < 1.29 is 9.31 Å². The van der Waals surface area contributed by atoms with Crippen LogP contribution in [-0.4, -0.2) is 31.2 Å². The molecule has 34 valence electrons. The van der Waals surface area contributed by atoms with Crippen LogP contribution < -0.4 is 0 Å². The second-order valence-electron chi connectivity index (χ2n) is 1.54. The second kappa shape index (κ2) is 1.05. The molecule has 0 radical (unpaired) electrons. The average molecular weight is 86.1 g/mol. The van der Waals surface area contributed by atoms with Crippen molar-refractivity contribution in [3.63, 3.8) is 0 Å². The molecule has 1 rings (SSSR count). The van der Waals surface area contributed by atoms with Crippen LogP contribution in [0.5, 0.6) is 0 Å². The molecular weight excluding hydrogens is 78.0 g/mol. The van der Waals surface area contributed by atoms with E-state index in [-0.39, 0.29) is 0 Å². The molecule has 0 bridgehead atoms. The highest BCUT2D eigenvalue weighted by Gasteiger charge is 2.30. The van der Waals surface area contributed by atoms with Crippen molar-refractivity contribution in [1.82, 2.24) is 0 Å². The molecule has 0 N–H and O–H groups in total. The third kappa shape index (κ3) is 0.571. The highest BCUT2D eigenvalue weighted by molar-refractivity contribution is 5.14. The van der Waals surface area contributed by atoms with Crippen LogP contribution in [0.2, 0.25) is 0 Å². The lowest BCUT2D eigenvalue weighted by Gasteiger charge is -1.77. The Balaban J connectivity index is 2.31. The van der Waals surface area contributed by atoms with Crippen LogP contribution in [-0.2, 0) is 4.74 Å². The van der Waals surface area contributed by atoms with Gasteiger partial charge in [0.2, 0.25) is 0 Å². The van der Waals surface area contributed by atoms with Gasteiger partial charge < -0.3 is 4.74 Å². The molecule has 1 aliphatic heterocycles. The van der Waals surface area contributed by atoms with Crippen molar-refractivity contribution in [2.75, 3.05) is 13.7 Å². The van der Waals surface area contributed by atoms with Gasteiger partial charge in [-0.1, -0.05) is 0 Å². The van der Waals surface area contributed by atoms with Crippen LogP contribution in [0.3, 0.4) is 0 Å². The van der Waals surface area contributed by atoms with Gasteiger partial charge in [-0.2, -0.15) is 0 Å². The quantitative estimate of drug-likeness (QED) is 0.243. The predicted octanol–water partition coefficient (Wildman–Crippen LogP) is -0.314. The van der Waals surface area contributed by atoms with E-state index < -0.39 is 0 Å². The smallest absolute Gasteiger partial charge is 0.281 e. The molecule has 0 aromatic heterocycles. The van der Waals surface area contributed by atoms with Crippen molar-refractivity contribution in [3.8, 4) is 0 Å². The Bertz CT molecular complexity index is 75.6. The highest BCUT2D eigenvalue weighted by atomic mass is 16.6. The maximum atomic E-state index is 4.83. The Kier molecular flexibility index (Phi) is 0.665. The van der Waals surface area contributed by atoms with Gasteiger partial charge in [-0.05, 0) is 0 Å². The lowest BCUT2D eigenvalue weighted by atomic mass is 10.7. The Morgan fingerprint density at radius 1 is 2.00 bits per heavy atom. The summed E-state index contributed by atoms with van der Waals surface area (Å²) >= 11 is 0. The zero-order valence-electron chi connectivity index (χ0n) is 3.85. The molecule has 0 aromatic carbocycles. The SMILES string of the molecule is C=[N+](C)C1CO1. The van der Waals surface area contributed by atoms with Crippen LogP contribution in [0, 0.1) is 0 Å². The van der Waals surface area contributed by atoms with Gasteiger partial charge in [0, 0.05) is 0 Å². The first-order valence-electron chi connectivity index (χ1n) is 1.95. The Labute approximate surface area is 37.0 Å². The standard InChI is InChI=1S/C4H8NO/c1-5(2)4-3-6-4/h4H,1,3H2,2H3/q+1. The van der Waals surface area contributed by atoms with E-state index in [4.69, 9.17) is 4.74 Å². The third-order valence-corrected chi connectivity index (χ3v) is 0.807. The zero-order valence-corrected chi connectivity index (χ0v) is 3.85. The fourth-order valence-electron chi connectivity index (χ4n) is 0.298. The number of rotatable bonds is 1. The first kappa shape index (κ1) is 3.81. The highest BCUT2D eigenvalue weighted by Crippen LogP contribution is 2.06. The summed E-state index contributed by atoms with van der Waals surface area (Å²) < 4.78 is 6.64. The second-order valence-corrected chi connectivity index (χ2v) is 1.54. The minimum Gasteiger partial charge on any atom is -0.310 e. The van der Waals surface area contributed by atoms with Gasteiger partial charge in [0.1, 0.15) is 20.4 Å². The van der Waals surface area contributed by atoms with E-state index in [1.54, 1.807) is 4.58 Å². The lowest BCUT2D eigenvalue weighted by Crippen LogP contribution is -2.04. The maximum absolute atomic E-state index is 4.83. The lowest BCUT2D eigenvalue weighted by molar-refractivity contribution is -0.523. The summed E-state index contributed by atoms with van der Waals surface area (Å²) in [4.78, 5) is 0. The summed E-state index contributed by atoms with van der Waals surface area (Å²) in [7, 11) is 1.90. The number of likely N-dealkylation sites (N-methyl/N-ethyl adjacent to an activating group) is 1. The molecule has 1 saturated heterocycles. The Morgan fingerprint density at radius 3 is 2.50 bits per heavy atom. The zero-order chi connectivity index (χ0) is 4.57. The predicted molar refractivity (Wildman–Crippen MR) is 23.0 cm³/mol. The van der Waals surface area contributed by atoms with Gasteiger partial charge in [0.05, 0.1) is 0 Å². The topological polar surface area (TPSA) is 15.5 Å². The molecule has 0 saturated carbocycles. The molecule has 1 aliphatic rings. The minimum absolute atomic E-state index is 0.324. The summed E-state index contributed by atoms with van der Waals surface area (Å²) in [5.41, 5.74) is 0. The van der Waals surface area contributed by atoms with Crippen LogP contribution >= 0.6 is 0 Å². The summed E-state index contributed by atoms with van der Waals surface area (Å²) in [6.07, 6.45) is 0.324. The van der Waals surface area contributed by atoms with Gasteiger partial charge in [-0.25, -0.2) is 4.58 Å². The average Bonchev–Trinajstić information content (AvgIpc) is 2.06. The molecule has 1 fully saturated rings. The van der Waals surface area contributed by atoms with E-state index in [9.17, 15) is 0 Å². The Morgan fingerprint density at radius 2 is 2.50 bits per heavy atom. The van der Waals surface area contributed by atoms with Gasteiger partial charge >= 0.3 is 0 Å². The maximum Gasteiger partial charge on any atom is 0.281 e. The third-order valence-electron chi connectivity index (χ3n) is 0.807. The van der Waals surface area contributed by atoms with Crippen molar-refractivity contribution >= 4 is 6.72 Å². The molecule has 1 heterocycles. The molecule has 0 aliphatic carbocycles. The van der Waals surface area contributed by atoms with E-state index in [1.807, 2.05) is 7.05 Å². The molecule has 2 heteroatoms. The summed E-state index contributed by atoms with van der Waals surface area (Å²) in [6.45, 7) is 4.47. The van der Waals surface area contributed by atoms with Crippen molar-refractivity contribution in [2.24, 2.45) is 0 Å². The van der Waals surface area contributed by atoms with Crippen LogP contribution in [0.15, 0.2) is 0 Å². The number of hydrogen-bond donors (Lipinski definition) is 0. The summed E-state index contributed by atoms with van der Waals surface area (Å²) in [6, 6.07) is 0. The van der Waals surface area contributed by atoms with Gasteiger partial charge in [-0.15, -0.1) is 0 Å². The summed E-state index contributed by atoms with van der Waals surface area (Å²) in [5.74, 6) is 0. The van der Waals surface area contributed by atoms with Crippen LogP contribution in [0.4, 0.5) is 0 Å².